The molecule has 0 fully saturated rings. The molecule has 0 aliphatic rings. The average Bonchev–Trinajstić information content (AvgIpc) is 2.38. The standard InChI is InChI=1S/C15H14Br2ClNO/c1-20-15-5-3-11(18)6-9(15)7-14(19)12-4-2-10(16)8-13(12)17/h2-6,8,14H,7,19H2,1H3. The number of hydrogen-bond donors (Lipinski definition) is 1. The molecule has 0 amide bonds. The number of ether oxygens (including phenoxy) is 1. The monoisotopic (exact) mass is 417 g/mol. The molecule has 2 N–H and O–H groups in total. The van der Waals surface area contributed by atoms with Crippen LogP contribution in [0.4, 0.5) is 0 Å². The summed E-state index contributed by atoms with van der Waals surface area (Å²) < 4.78 is 7.35. The van der Waals surface area contributed by atoms with E-state index in [0.717, 1.165) is 25.8 Å². The van der Waals surface area contributed by atoms with E-state index in [1.807, 2.05) is 36.4 Å². The van der Waals surface area contributed by atoms with Crippen molar-refractivity contribution in [2.24, 2.45) is 5.73 Å². The van der Waals surface area contributed by atoms with Gasteiger partial charge in [-0.1, -0.05) is 49.5 Å². The van der Waals surface area contributed by atoms with Crippen LogP contribution in [-0.2, 0) is 6.42 Å². The molecule has 0 saturated carbocycles. The van der Waals surface area contributed by atoms with Crippen LogP contribution in [-0.4, -0.2) is 7.11 Å². The van der Waals surface area contributed by atoms with Crippen molar-refractivity contribution in [3.8, 4) is 5.75 Å². The zero-order valence-electron chi connectivity index (χ0n) is 10.9. The van der Waals surface area contributed by atoms with Crippen LogP contribution in [0.3, 0.4) is 0 Å². The molecule has 5 heteroatoms. The van der Waals surface area contributed by atoms with Crippen molar-refractivity contribution in [3.05, 3.63) is 61.5 Å². The van der Waals surface area contributed by atoms with E-state index in [-0.39, 0.29) is 6.04 Å². The van der Waals surface area contributed by atoms with Gasteiger partial charge in [0, 0.05) is 20.0 Å². The van der Waals surface area contributed by atoms with E-state index in [0.29, 0.717) is 11.4 Å². The van der Waals surface area contributed by atoms with Crippen molar-refractivity contribution in [3.63, 3.8) is 0 Å². The summed E-state index contributed by atoms with van der Waals surface area (Å²) in [6.07, 6.45) is 0.657. The van der Waals surface area contributed by atoms with Gasteiger partial charge in [0.1, 0.15) is 5.75 Å². The second kappa shape index (κ2) is 6.94. The highest BCUT2D eigenvalue weighted by atomic mass is 79.9. The molecule has 1 atom stereocenters. The van der Waals surface area contributed by atoms with E-state index < -0.39 is 0 Å². The Morgan fingerprint density at radius 3 is 2.60 bits per heavy atom. The molecule has 106 valence electrons. The fraction of sp³-hybridized carbons (Fsp3) is 0.200. The Kier molecular flexibility index (Phi) is 5.49. The van der Waals surface area contributed by atoms with Gasteiger partial charge in [-0.05, 0) is 47.9 Å². The Bertz CT molecular complexity index is 619. The SMILES string of the molecule is COc1ccc(Cl)cc1CC(N)c1ccc(Br)cc1Br. The normalized spacial score (nSPS) is 12.2. The summed E-state index contributed by atoms with van der Waals surface area (Å²) in [5.41, 5.74) is 8.36. The molecule has 2 aromatic rings. The molecule has 2 aromatic carbocycles. The molecule has 0 saturated heterocycles. The highest BCUT2D eigenvalue weighted by molar-refractivity contribution is 9.11. The van der Waals surface area contributed by atoms with Gasteiger partial charge in [0.25, 0.3) is 0 Å². The number of halogens is 3. The second-order valence-electron chi connectivity index (χ2n) is 4.43. The fourth-order valence-corrected chi connectivity index (χ4v) is 3.59. The van der Waals surface area contributed by atoms with Crippen molar-refractivity contribution in [1.82, 2.24) is 0 Å². The highest BCUT2D eigenvalue weighted by Gasteiger charge is 2.14. The van der Waals surface area contributed by atoms with Crippen molar-refractivity contribution in [1.29, 1.82) is 0 Å². The maximum Gasteiger partial charge on any atom is 0.122 e. The largest absolute Gasteiger partial charge is 0.496 e. The zero-order chi connectivity index (χ0) is 14.7. The average molecular weight is 420 g/mol. The molecule has 0 heterocycles. The van der Waals surface area contributed by atoms with Gasteiger partial charge < -0.3 is 10.5 Å². The van der Waals surface area contributed by atoms with Crippen LogP contribution in [0.15, 0.2) is 45.3 Å². The summed E-state index contributed by atoms with van der Waals surface area (Å²) in [5, 5.41) is 0.683. The molecule has 0 spiro atoms. The number of methoxy groups -OCH3 is 1. The van der Waals surface area contributed by atoms with E-state index in [1.54, 1.807) is 7.11 Å². The van der Waals surface area contributed by atoms with Crippen LogP contribution < -0.4 is 10.5 Å². The highest BCUT2D eigenvalue weighted by Crippen LogP contribution is 2.31. The fourth-order valence-electron chi connectivity index (χ4n) is 2.06. The van der Waals surface area contributed by atoms with E-state index in [1.165, 1.54) is 0 Å². The first-order chi connectivity index (χ1) is 9.51. The van der Waals surface area contributed by atoms with Crippen molar-refractivity contribution >= 4 is 43.5 Å². The number of benzene rings is 2. The Hall–Kier alpha value is -0.550. The third kappa shape index (κ3) is 3.76. The van der Waals surface area contributed by atoms with Crippen LogP contribution in [0.2, 0.25) is 5.02 Å². The molecular formula is C15H14Br2ClNO. The van der Waals surface area contributed by atoms with Crippen LogP contribution >= 0.6 is 43.5 Å². The number of nitrogens with two attached hydrogens (primary N) is 1. The molecule has 0 aliphatic carbocycles. The molecule has 20 heavy (non-hydrogen) atoms. The van der Waals surface area contributed by atoms with Crippen LogP contribution in [0, 0.1) is 0 Å². The van der Waals surface area contributed by atoms with Gasteiger partial charge in [0.05, 0.1) is 7.11 Å². The molecule has 2 nitrogen and oxygen atoms in total. The Labute approximate surface area is 140 Å². The first kappa shape index (κ1) is 15.8. The molecule has 2 rings (SSSR count). The maximum absolute atomic E-state index is 6.31. The van der Waals surface area contributed by atoms with Crippen molar-refractivity contribution in [2.45, 2.75) is 12.5 Å². The molecule has 1 unspecified atom stereocenters. The summed E-state index contributed by atoms with van der Waals surface area (Å²) in [6.45, 7) is 0. The summed E-state index contributed by atoms with van der Waals surface area (Å²) in [4.78, 5) is 0. The minimum atomic E-state index is -0.134. The van der Waals surface area contributed by atoms with Gasteiger partial charge >= 0.3 is 0 Å². The smallest absolute Gasteiger partial charge is 0.122 e. The Morgan fingerprint density at radius 1 is 1.20 bits per heavy atom. The van der Waals surface area contributed by atoms with E-state index >= 15 is 0 Å². The lowest BCUT2D eigenvalue weighted by Gasteiger charge is -2.16. The van der Waals surface area contributed by atoms with Crippen molar-refractivity contribution < 1.29 is 4.74 Å². The summed E-state index contributed by atoms with van der Waals surface area (Å²) in [5.74, 6) is 0.804. The molecule has 0 aromatic heterocycles. The minimum Gasteiger partial charge on any atom is -0.496 e. The minimum absolute atomic E-state index is 0.134. The first-order valence-electron chi connectivity index (χ1n) is 6.04. The third-order valence-corrected chi connectivity index (χ3v) is 4.46. The second-order valence-corrected chi connectivity index (χ2v) is 6.64. The molecule has 0 aliphatic heterocycles. The van der Waals surface area contributed by atoms with Gasteiger partial charge in [0.2, 0.25) is 0 Å². The molecular weight excluding hydrogens is 405 g/mol. The van der Waals surface area contributed by atoms with Gasteiger partial charge in [-0.2, -0.15) is 0 Å². The number of hydrogen-bond acceptors (Lipinski definition) is 2. The maximum atomic E-state index is 6.31. The zero-order valence-corrected chi connectivity index (χ0v) is 14.8. The molecule has 0 radical (unpaired) electrons. The summed E-state index contributed by atoms with van der Waals surface area (Å²) >= 11 is 13.0. The van der Waals surface area contributed by atoms with Gasteiger partial charge in [-0.25, -0.2) is 0 Å². The van der Waals surface area contributed by atoms with E-state index in [2.05, 4.69) is 31.9 Å². The lowest BCUT2D eigenvalue weighted by molar-refractivity contribution is 0.408. The first-order valence-corrected chi connectivity index (χ1v) is 8.00. The topological polar surface area (TPSA) is 35.2 Å². The predicted molar refractivity (Wildman–Crippen MR) is 90.5 cm³/mol. The van der Waals surface area contributed by atoms with Gasteiger partial charge in [-0.15, -0.1) is 0 Å². The van der Waals surface area contributed by atoms with Crippen LogP contribution in [0.25, 0.3) is 0 Å². The van der Waals surface area contributed by atoms with Crippen LogP contribution in [0.5, 0.6) is 5.75 Å². The van der Waals surface area contributed by atoms with Crippen LogP contribution in [0.1, 0.15) is 17.2 Å². The lowest BCUT2D eigenvalue weighted by atomic mass is 9.99. The predicted octanol–water partition coefficient (Wildman–Crippen LogP) is 5.12. The lowest BCUT2D eigenvalue weighted by Crippen LogP contribution is -2.14. The van der Waals surface area contributed by atoms with Gasteiger partial charge in [-0.3, -0.25) is 0 Å². The quantitative estimate of drug-likeness (QED) is 0.747. The van der Waals surface area contributed by atoms with E-state index in [4.69, 9.17) is 22.1 Å². The number of rotatable bonds is 4. The van der Waals surface area contributed by atoms with Gasteiger partial charge in [0.15, 0.2) is 0 Å². The molecule has 0 bridgehead atoms. The Morgan fingerprint density at radius 2 is 1.95 bits per heavy atom. The van der Waals surface area contributed by atoms with Crippen molar-refractivity contribution in [2.75, 3.05) is 7.11 Å². The Balaban J connectivity index is 2.27. The summed E-state index contributed by atoms with van der Waals surface area (Å²) in [7, 11) is 1.65. The summed E-state index contributed by atoms with van der Waals surface area (Å²) in [6, 6.07) is 11.4. The third-order valence-electron chi connectivity index (χ3n) is 3.04. The van der Waals surface area contributed by atoms with E-state index in [9.17, 15) is 0 Å².